The lowest BCUT2D eigenvalue weighted by molar-refractivity contribution is 0.629. The van der Waals surface area contributed by atoms with Crippen LogP contribution in [0.2, 0.25) is 0 Å². The number of para-hydroxylation sites is 1. The van der Waals surface area contributed by atoms with Gasteiger partial charge in [-0.25, -0.2) is 4.39 Å². The number of guanidine groups is 1. The highest BCUT2D eigenvalue weighted by Crippen LogP contribution is 2.19. The minimum atomic E-state index is -0.230. The average molecular weight is 519 g/mol. The van der Waals surface area contributed by atoms with Crippen molar-refractivity contribution in [2.75, 3.05) is 13.6 Å². The molecule has 0 unspecified atom stereocenters. The molecule has 2 heterocycles. The number of rotatable bonds is 6. The summed E-state index contributed by atoms with van der Waals surface area (Å²) in [6.45, 7) is 1.14. The van der Waals surface area contributed by atoms with Crippen LogP contribution in [-0.2, 0) is 13.0 Å². The molecule has 0 spiro atoms. The van der Waals surface area contributed by atoms with Crippen molar-refractivity contribution in [3.05, 3.63) is 78.3 Å². The Morgan fingerprint density at radius 2 is 2.00 bits per heavy atom. The van der Waals surface area contributed by atoms with Crippen LogP contribution in [-0.4, -0.2) is 39.3 Å². The summed E-state index contributed by atoms with van der Waals surface area (Å²) in [5.74, 6) is 1.22. The fraction of sp³-hybridized carbons (Fsp3) is 0.190. The summed E-state index contributed by atoms with van der Waals surface area (Å²) < 4.78 is 15.4. The molecule has 0 aliphatic rings. The van der Waals surface area contributed by atoms with Crippen molar-refractivity contribution in [1.82, 2.24) is 30.4 Å². The molecule has 0 amide bonds. The number of benzene rings is 2. The molecule has 4 aromatic rings. The highest BCUT2D eigenvalue weighted by atomic mass is 127. The molecule has 0 aliphatic carbocycles. The van der Waals surface area contributed by atoms with Gasteiger partial charge in [-0.05, 0) is 42.3 Å². The lowest BCUT2D eigenvalue weighted by Gasteiger charge is -2.12. The van der Waals surface area contributed by atoms with E-state index >= 15 is 0 Å². The number of aliphatic imine (C=N–C) groups is 1. The predicted molar refractivity (Wildman–Crippen MR) is 127 cm³/mol. The zero-order valence-corrected chi connectivity index (χ0v) is 18.8. The van der Waals surface area contributed by atoms with E-state index in [4.69, 9.17) is 0 Å². The summed E-state index contributed by atoms with van der Waals surface area (Å²) in [5, 5.41) is 15.6. The molecule has 3 N–H and O–H groups in total. The number of fused-ring (bicyclic) bond motifs is 1. The lowest BCUT2D eigenvalue weighted by atomic mass is 10.1. The minimum Gasteiger partial charge on any atom is -0.361 e. The van der Waals surface area contributed by atoms with Crippen LogP contribution in [0, 0.1) is 5.82 Å². The van der Waals surface area contributed by atoms with Crippen LogP contribution in [0.1, 0.15) is 11.4 Å². The maximum atomic E-state index is 13.5. The highest BCUT2D eigenvalue weighted by Gasteiger charge is 2.08. The second-order valence-corrected chi connectivity index (χ2v) is 6.56. The number of aromatic amines is 1. The van der Waals surface area contributed by atoms with Crippen molar-refractivity contribution < 1.29 is 4.39 Å². The van der Waals surface area contributed by atoms with Crippen LogP contribution in [0.15, 0.2) is 66.0 Å². The highest BCUT2D eigenvalue weighted by molar-refractivity contribution is 14.0. The van der Waals surface area contributed by atoms with Gasteiger partial charge in [0, 0.05) is 36.4 Å². The van der Waals surface area contributed by atoms with Crippen molar-refractivity contribution in [2.24, 2.45) is 4.99 Å². The third-order valence-corrected chi connectivity index (χ3v) is 4.71. The SMILES string of the molecule is CN=C(NCCc1c[nH]c2ccc(F)cc12)NCc1nncn1-c1ccccc1.I. The van der Waals surface area contributed by atoms with Gasteiger partial charge in [0.15, 0.2) is 11.8 Å². The number of hydrogen-bond donors (Lipinski definition) is 3. The summed E-state index contributed by atoms with van der Waals surface area (Å²) in [6, 6.07) is 14.7. The number of nitrogens with one attached hydrogen (secondary N) is 3. The largest absolute Gasteiger partial charge is 0.361 e. The van der Waals surface area contributed by atoms with E-state index in [0.717, 1.165) is 34.4 Å². The first-order chi connectivity index (χ1) is 14.2. The zero-order valence-electron chi connectivity index (χ0n) is 16.5. The lowest BCUT2D eigenvalue weighted by Crippen LogP contribution is -2.38. The maximum Gasteiger partial charge on any atom is 0.191 e. The Morgan fingerprint density at radius 3 is 2.80 bits per heavy atom. The van der Waals surface area contributed by atoms with E-state index in [1.165, 1.54) is 6.07 Å². The molecule has 0 saturated carbocycles. The van der Waals surface area contributed by atoms with Gasteiger partial charge in [0.1, 0.15) is 12.1 Å². The molecule has 0 fully saturated rings. The molecule has 0 aliphatic heterocycles. The second kappa shape index (κ2) is 10.2. The van der Waals surface area contributed by atoms with Gasteiger partial charge in [0.05, 0.1) is 6.54 Å². The summed E-state index contributed by atoms with van der Waals surface area (Å²) in [7, 11) is 1.72. The monoisotopic (exact) mass is 519 g/mol. The van der Waals surface area contributed by atoms with Crippen molar-refractivity contribution in [3.8, 4) is 5.69 Å². The topological polar surface area (TPSA) is 82.9 Å². The van der Waals surface area contributed by atoms with Crippen LogP contribution in [0.3, 0.4) is 0 Å². The molecule has 0 radical (unpaired) electrons. The summed E-state index contributed by atoms with van der Waals surface area (Å²) in [6.07, 6.45) is 4.35. The molecule has 4 rings (SSSR count). The minimum absolute atomic E-state index is 0. The molecule has 156 valence electrons. The Labute approximate surface area is 190 Å². The number of hydrogen-bond acceptors (Lipinski definition) is 3. The zero-order chi connectivity index (χ0) is 20.1. The number of nitrogens with zero attached hydrogens (tertiary/aromatic N) is 4. The van der Waals surface area contributed by atoms with Crippen molar-refractivity contribution >= 4 is 40.8 Å². The smallest absolute Gasteiger partial charge is 0.191 e. The van der Waals surface area contributed by atoms with Gasteiger partial charge in [-0.3, -0.25) is 9.56 Å². The number of halogens is 2. The van der Waals surface area contributed by atoms with Gasteiger partial charge in [-0.1, -0.05) is 18.2 Å². The van der Waals surface area contributed by atoms with Gasteiger partial charge in [-0.2, -0.15) is 0 Å². The van der Waals surface area contributed by atoms with Crippen LogP contribution in [0.5, 0.6) is 0 Å². The van der Waals surface area contributed by atoms with Gasteiger partial charge in [0.2, 0.25) is 0 Å². The molecule has 30 heavy (non-hydrogen) atoms. The van der Waals surface area contributed by atoms with Gasteiger partial charge in [-0.15, -0.1) is 34.2 Å². The van der Waals surface area contributed by atoms with Crippen molar-refractivity contribution in [3.63, 3.8) is 0 Å². The normalized spacial score (nSPS) is 11.3. The fourth-order valence-corrected chi connectivity index (χ4v) is 3.24. The summed E-state index contributed by atoms with van der Waals surface area (Å²) in [5.41, 5.74) is 3.00. The van der Waals surface area contributed by atoms with E-state index in [1.54, 1.807) is 25.5 Å². The average Bonchev–Trinajstić information content (AvgIpc) is 3.38. The second-order valence-electron chi connectivity index (χ2n) is 6.56. The quantitative estimate of drug-likeness (QED) is 0.207. The van der Waals surface area contributed by atoms with E-state index in [-0.39, 0.29) is 29.8 Å². The first-order valence-electron chi connectivity index (χ1n) is 9.39. The first-order valence-corrected chi connectivity index (χ1v) is 9.39. The first kappa shape index (κ1) is 21.8. The maximum absolute atomic E-state index is 13.5. The van der Waals surface area contributed by atoms with Gasteiger partial charge >= 0.3 is 0 Å². The van der Waals surface area contributed by atoms with E-state index in [0.29, 0.717) is 19.0 Å². The van der Waals surface area contributed by atoms with Crippen LogP contribution >= 0.6 is 24.0 Å². The fourth-order valence-electron chi connectivity index (χ4n) is 3.24. The Morgan fingerprint density at radius 1 is 1.17 bits per heavy atom. The molecule has 2 aromatic heterocycles. The van der Waals surface area contributed by atoms with Gasteiger partial charge in [0.25, 0.3) is 0 Å². The Kier molecular flexibility index (Phi) is 7.39. The van der Waals surface area contributed by atoms with Crippen molar-refractivity contribution in [1.29, 1.82) is 0 Å². The van der Waals surface area contributed by atoms with E-state index < -0.39 is 0 Å². The van der Waals surface area contributed by atoms with Gasteiger partial charge < -0.3 is 15.6 Å². The molecule has 9 heteroatoms. The predicted octanol–water partition coefficient (Wildman–Crippen LogP) is 3.41. The molecular formula is C21H23FIN7. The Hall–Kier alpha value is -2.95. The third-order valence-electron chi connectivity index (χ3n) is 4.71. The number of aromatic nitrogens is 4. The van der Waals surface area contributed by atoms with E-state index in [2.05, 4.69) is 30.8 Å². The van der Waals surface area contributed by atoms with Crippen LogP contribution in [0.25, 0.3) is 16.6 Å². The molecular weight excluding hydrogens is 496 g/mol. The number of H-pyrrole nitrogens is 1. The molecule has 7 nitrogen and oxygen atoms in total. The van der Waals surface area contributed by atoms with Crippen LogP contribution in [0.4, 0.5) is 4.39 Å². The molecule has 0 atom stereocenters. The molecule has 2 aromatic carbocycles. The Balaban J connectivity index is 0.00000256. The summed E-state index contributed by atoms with van der Waals surface area (Å²) in [4.78, 5) is 7.43. The van der Waals surface area contributed by atoms with Crippen LogP contribution < -0.4 is 10.6 Å². The third kappa shape index (κ3) is 4.96. The Bertz CT molecular complexity index is 1120. The summed E-state index contributed by atoms with van der Waals surface area (Å²) >= 11 is 0. The van der Waals surface area contributed by atoms with E-state index in [9.17, 15) is 4.39 Å². The molecule has 0 bridgehead atoms. The van der Waals surface area contributed by atoms with E-state index in [1.807, 2.05) is 41.1 Å². The van der Waals surface area contributed by atoms with Crippen molar-refractivity contribution in [2.45, 2.75) is 13.0 Å². The molecule has 0 saturated heterocycles. The standard InChI is InChI=1S/C21H22FN7.HI/c1-23-21(24-10-9-15-12-25-19-8-7-16(22)11-18(15)19)26-13-20-28-27-14-29(20)17-5-3-2-4-6-17;/h2-8,11-12,14,25H,9-10,13H2,1H3,(H2,23,24,26);1H.